The van der Waals surface area contributed by atoms with E-state index in [-0.39, 0.29) is 17.4 Å². The zero-order valence-electron chi connectivity index (χ0n) is 13.5. The van der Waals surface area contributed by atoms with E-state index < -0.39 is 0 Å². The molecule has 124 valence electrons. The third-order valence-corrected chi connectivity index (χ3v) is 4.13. The first-order valence-electron chi connectivity index (χ1n) is 7.84. The number of aromatic amines is 1. The van der Waals surface area contributed by atoms with Gasteiger partial charge in [0.1, 0.15) is 0 Å². The largest absolute Gasteiger partial charge is 0.352 e. The van der Waals surface area contributed by atoms with Crippen LogP contribution in [0.15, 0.2) is 41.3 Å². The van der Waals surface area contributed by atoms with Crippen molar-refractivity contribution < 1.29 is 9.59 Å². The number of hydrogen-bond acceptors (Lipinski definition) is 3. The second-order valence-electron chi connectivity index (χ2n) is 5.99. The van der Waals surface area contributed by atoms with E-state index in [1.165, 1.54) is 6.07 Å². The fourth-order valence-electron chi connectivity index (χ4n) is 2.77. The number of carbonyl (C=O) groups excluding carboxylic acids is 2. The molecule has 0 aliphatic carbocycles. The Labute approximate surface area is 139 Å². The smallest absolute Gasteiger partial charge is 0.254 e. The number of nitrogens with zero attached hydrogens (tertiary/aromatic N) is 1. The lowest BCUT2D eigenvalue weighted by Crippen LogP contribution is -2.23. The fourth-order valence-corrected chi connectivity index (χ4v) is 2.77. The summed E-state index contributed by atoms with van der Waals surface area (Å²) < 4.78 is 0. The summed E-state index contributed by atoms with van der Waals surface area (Å²) in [6.07, 6.45) is 2.56. The maximum atomic E-state index is 11.9. The van der Waals surface area contributed by atoms with Gasteiger partial charge >= 0.3 is 0 Å². The van der Waals surface area contributed by atoms with Gasteiger partial charge in [-0.15, -0.1) is 0 Å². The topological polar surface area (TPSA) is 82.3 Å². The highest BCUT2D eigenvalue weighted by Crippen LogP contribution is 2.22. The number of hydrogen-bond donors (Lipinski definition) is 2. The average molecular weight is 325 g/mol. The van der Waals surface area contributed by atoms with Gasteiger partial charge < -0.3 is 15.2 Å². The van der Waals surface area contributed by atoms with E-state index in [0.29, 0.717) is 25.9 Å². The molecule has 1 aromatic carbocycles. The molecule has 0 atom stereocenters. The summed E-state index contributed by atoms with van der Waals surface area (Å²) in [7, 11) is 1.78. The van der Waals surface area contributed by atoms with Gasteiger partial charge in [-0.25, -0.2) is 0 Å². The van der Waals surface area contributed by atoms with Crippen LogP contribution < -0.4 is 10.9 Å². The van der Waals surface area contributed by atoms with E-state index in [9.17, 15) is 14.4 Å². The minimum absolute atomic E-state index is 0.0430. The standard InChI is InChI=1S/C18H19N3O3/c1-21-11-14-8-13(2-5-15(14)18(21)24)10-20-17(23)7-4-12-3-6-16(22)19-9-12/h2-3,5-6,8-9H,4,7,10-11H2,1H3,(H,19,22)(H,20,23). The molecule has 2 heterocycles. The lowest BCUT2D eigenvalue weighted by molar-refractivity contribution is -0.121. The minimum atomic E-state index is -0.149. The molecular formula is C18H19N3O3. The average Bonchev–Trinajstić information content (AvgIpc) is 2.86. The maximum Gasteiger partial charge on any atom is 0.254 e. The molecule has 0 fully saturated rings. The first-order valence-corrected chi connectivity index (χ1v) is 7.84. The molecule has 3 rings (SSSR count). The summed E-state index contributed by atoms with van der Waals surface area (Å²) in [6, 6.07) is 8.84. The summed E-state index contributed by atoms with van der Waals surface area (Å²) >= 11 is 0. The summed E-state index contributed by atoms with van der Waals surface area (Å²) in [6.45, 7) is 1.05. The molecule has 0 spiro atoms. The number of rotatable bonds is 5. The molecule has 24 heavy (non-hydrogen) atoms. The normalized spacial score (nSPS) is 13.0. The predicted molar refractivity (Wildman–Crippen MR) is 89.5 cm³/mol. The van der Waals surface area contributed by atoms with Crippen LogP contribution in [0.25, 0.3) is 0 Å². The van der Waals surface area contributed by atoms with Gasteiger partial charge in [0, 0.05) is 44.4 Å². The number of amides is 2. The Balaban J connectivity index is 1.52. The number of aromatic nitrogens is 1. The maximum absolute atomic E-state index is 11.9. The summed E-state index contributed by atoms with van der Waals surface area (Å²) in [4.78, 5) is 39.1. The van der Waals surface area contributed by atoms with Crippen molar-refractivity contribution in [2.45, 2.75) is 25.9 Å². The van der Waals surface area contributed by atoms with Crippen LogP contribution in [0.3, 0.4) is 0 Å². The van der Waals surface area contributed by atoms with Crippen LogP contribution in [0.4, 0.5) is 0 Å². The summed E-state index contributed by atoms with van der Waals surface area (Å²) in [5.74, 6) is -0.00335. The highest BCUT2D eigenvalue weighted by atomic mass is 16.2. The highest BCUT2D eigenvalue weighted by Gasteiger charge is 2.24. The third-order valence-electron chi connectivity index (χ3n) is 4.13. The Kier molecular flexibility index (Phi) is 4.46. The van der Waals surface area contributed by atoms with Gasteiger partial charge in [-0.3, -0.25) is 14.4 Å². The molecule has 1 aliphatic heterocycles. The zero-order valence-corrected chi connectivity index (χ0v) is 13.5. The highest BCUT2D eigenvalue weighted by molar-refractivity contribution is 5.98. The second kappa shape index (κ2) is 6.70. The molecule has 1 aliphatic rings. The third kappa shape index (κ3) is 3.53. The van der Waals surface area contributed by atoms with E-state index in [4.69, 9.17) is 0 Å². The van der Waals surface area contributed by atoms with E-state index in [1.807, 2.05) is 18.2 Å². The van der Waals surface area contributed by atoms with Crippen LogP contribution in [-0.4, -0.2) is 28.7 Å². The van der Waals surface area contributed by atoms with Crippen molar-refractivity contribution in [3.8, 4) is 0 Å². The molecule has 0 saturated heterocycles. The first kappa shape index (κ1) is 16.0. The van der Waals surface area contributed by atoms with Crippen molar-refractivity contribution >= 4 is 11.8 Å². The lowest BCUT2D eigenvalue weighted by atomic mass is 10.1. The molecular weight excluding hydrogens is 306 g/mol. The van der Waals surface area contributed by atoms with Crippen LogP contribution in [0.1, 0.15) is 33.5 Å². The van der Waals surface area contributed by atoms with Crippen LogP contribution >= 0.6 is 0 Å². The number of pyridine rings is 1. The van der Waals surface area contributed by atoms with Crippen molar-refractivity contribution in [1.82, 2.24) is 15.2 Å². The SMILES string of the molecule is CN1Cc2cc(CNC(=O)CCc3ccc(=O)[nH]c3)ccc2C1=O. The second-order valence-corrected chi connectivity index (χ2v) is 5.99. The van der Waals surface area contributed by atoms with Gasteiger partial charge in [-0.2, -0.15) is 0 Å². The molecule has 0 unspecified atom stereocenters. The van der Waals surface area contributed by atoms with Crippen LogP contribution in [0, 0.1) is 0 Å². The Morgan fingerprint density at radius 1 is 1.21 bits per heavy atom. The van der Waals surface area contributed by atoms with Gasteiger partial charge in [0.25, 0.3) is 5.91 Å². The number of H-pyrrole nitrogens is 1. The van der Waals surface area contributed by atoms with Crippen LogP contribution in [-0.2, 0) is 24.3 Å². The number of nitrogens with one attached hydrogen (secondary N) is 2. The van der Waals surface area contributed by atoms with E-state index in [0.717, 1.165) is 22.3 Å². The van der Waals surface area contributed by atoms with Crippen molar-refractivity contribution in [2.75, 3.05) is 7.05 Å². The molecule has 2 N–H and O–H groups in total. The Hall–Kier alpha value is -2.89. The van der Waals surface area contributed by atoms with Crippen molar-refractivity contribution in [1.29, 1.82) is 0 Å². The Morgan fingerprint density at radius 2 is 2.00 bits per heavy atom. The fraction of sp³-hybridized carbons (Fsp3) is 0.278. The van der Waals surface area contributed by atoms with E-state index in [1.54, 1.807) is 24.2 Å². The number of benzene rings is 1. The number of aryl methyl sites for hydroxylation is 1. The molecule has 6 heteroatoms. The number of fused-ring (bicyclic) bond motifs is 1. The van der Waals surface area contributed by atoms with Crippen LogP contribution in [0.5, 0.6) is 0 Å². The lowest BCUT2D eigenvalue weighted by Gasteiger charge is -2.07. The number of carbonyl (C=O) groups is 2. The predicted octanol–water partition coefficient (Wildman–Crippen LogP) is 1.21. The van der Waals surface area contributed by atoms with Crippen molar-refractivity contribution in [3.63, 3.8) is 0 Å². The Bertz CT molecular complexity index is 821. The zero-order chi connectivity index (χ0) is 17.1. The van der Waals surface area contributed by atoms with Gasteiger partial charge in [0.05, 0.1) is 0 Å². The van der Waals surface area contributed by atoms with E-state index >= 15 is 0 Å². The molecule has 1 aromatic heterocycles. The minimum Gasteiger partial charge on any atom is -0.352 e. The van der Waals surface area contributed by atoms with Gasteiger partial charge in [0.2, 0.25) is 11.5 Å². The van der Waals surface area contributed by atoms with Gasteiger partial charge in [-0.1, -0.05) is 18.2 Å². The molecule has 0 bridgehead atoms. The molecule has 0 saturated carbocycles. The van der Waals surface area contributed by atoms with E-state index in [2.05, 4.69) is 10.3 Å². The molecule has 2 amide bonds. The van der Waals surface area contributed by atoms with Gasteiger partial charge in [-0.05, 0) is 29.2 Å². The van der Waals surface area contributed by atoms with Crippen molar-refractivity contribution in [2.24, 2.45) is 0 Å². The monoisotopic (exact) mass is 325 g/mol. The summed E-state index contributed by atoms with van der Waals surface area (Å²) in [5.41, 5.74) is 3.50. The molecule has 2 aromatic rings. The molecule has 6 nitrogen and oxygen atoms in total. The first-order chi connectivity index (χ1) is 11.5. The molecule has 0 radical (unpaired) electrons. The Morgan fingerprint density at radius 3 is 2.75 bits per heavy atom. The van der Waals surface area contributed by atoms with Crippen molar-refractivity contribution in [3.05, 3.63) is 69.1 Å². The van der Waals surface area contributed by atoms with Crippen LogP contribution in [0.2, 0.25) is 0 Å². The summed E-state index contributed by atoms with van der Waals surface area (Å²) in [5, 5.41) is 2.88. The van der Waals surface area contributed by atoms with Gasteiger partial charge in [0.15, 0.2) is 0 Å². The quantitative estimate of drug-likeness (QED) is 0.867.